The average Bonchev–Trinajstić information content (AvgIpc) is 2.81. The van der Waals surface area contributed by atoms with Crippen molar-refractivity contribution in [1.82, 2.24) is 10.6 Å². The molecule has 2 N–H and O–H groups in total. The number of hydrogen-bond donors (Lipinski definition) is 2. The van der Waals surface area contributed by atoms with Crippen molar-refractivity contribution in [2.24, 2.45) is 5.92 Å². The van der Waals surface area contributed by atoms with Crippen LogP contribution < -0.4 is 19.7 Å². The van der Waals surface area contributed by atoms with Crippen LogP contribution in [0.5, 0.6) is 5.75 Å². The number of sulfonamides is 1. The minimum absolute atomic E-state index is 0.0570. The van der Waals surface area contributed by atoms with E-state index >= 15 is 0 Å². The Bertz CT molecular complexity index is 1120. The molecule has 0 aromatic heterocycles. The Morgan fingerprint density at radius 1 is 1.06 bits per heavy atom. The maximum absolute atomic E-state index is 13.0. The third kappa shape index (κ3) is 7.48. The smallest absolute Gasteiger partial charge is 0.338 e. The largest absolute Gasteiger partial charge is 0.497 e. The van der Waals surface area contributed by atoms with Gasteiger partial charge in [-0.15, -0.1) is 0 Å². The normalized spacial score (nSPS) is 11.0. The molecule has 0 aliphatic heterocycles. The Balaban J connectivity index is 2.00. The summed E-state index contributed by atoms with van der Waals surface area (Å²) in [7, 11) is -1.08. The van der Waals surface area contributed by atoms with Crippen LogP contribution in [0.25, 0.3) is 0 Å². The predicted molar refractivity (Wildman–Crippen MR) is 126 cm³/mol. The molecular formula is C23H29N3O7S. The molecule has 0 radical (unpaired) electrons. The summed E-state index contributed by atoms with van der Waals surface area (Å²) < 4.78 is 37.1. The van der Waals surface area contributed by atoms with Crippen molar-refractivity contribution in [3.05, 3.63) is 54.1 Å². The zero-order chi connectivity index (χ0) is 25.3. The Hall–Kier alpha value is -3.60. The van der Waals surface area contributed by atoms with Gasteiger partial charge in [-0.2, -0.15) is 0 Å². The molecule has 0 atom stereocenters. The van der Waals surface area contributed by atoms with Crippen molar-refractivity contribution in [2.45, 2.75) is 25.2 Å². The number of ether oxygens (including phenoxy) is 2. The van der Waals surface area contributed by atoms with E-state index in [1.165, 1.54) is 32.4 Å². The Kier molecular flexibility index (Phi) is 9.43. The van der Waals surface area contributed by atoms with Gasteiger partial charge in [-0.3, -0.25) is 14.4 Å². The van der Waals surface area contributed by atoms with E-state index in [2.05, 4.69) is 10.6 Å². The monoisotopic (exact) mass is 491 g/mol. The first-order chi connectivity index (χ1) is 16.0. The molecule has 0 aliphatic rings. The van der Waals surface area contributed by atoms with Crippen LogP contribution in [0.15, 0.2) is 53.4 Å². The van der Waals surface area contributed by atoms with Gasteiger partial charge >= 0.3 is 12.0 Å². The number of rotatable bonds is 10. The molecule has 11 heteroatoms. The maximum atomic E-state index is 13.0. The lowest BCUT2D eigenvalue weighted by atomic mass is 10.1. The van der Waals surface area contributed by atoms with Crippen molar-refractivity contribution in [3.63, 3.8) is 0 Å². The maximum Gasteiger partial charge on any atom is 0.338 e. The van der Waals surface area contributed by atoms with Crippen LogP contribution in [0.4, 0.5) is 10.5 Å². The second-order valence-electron chi connectivity index (χ2n) is 7.76. The van der Waals surface area contributed by atoms with E-state index in [9.17, 15) is 22.8 Å². The molecule has 2 rings (SSSR count). The fraction of sp³-hybridized carbons (Fsp3) is 0.348. The zero-order valence-corrected chi connectivity index (χ0v) is 20.3. The summed E-state index contributed by atoms with van der Waals surface area (Å²) in [5, 5.41) is 4.59. The van der Waals surface area contributed by atoms with Crippen molar-refractivity contribution in [1.29, 1.82) is 0 Å². The predicted octanol–water partition coefficient (Wildman–Crippen LogP) is 2.55. The summed E-state index contributed by atoms with van der Waals surface area (Å²) in [5.74, 6) is -0.734. The Morgan fingerprint density at radius 3 is 2.35 bits per heavy atom. The van der Waals surface area contributed by atoms with Crippen LogP contribution in [0.2, 0.25) is 0 Å². The SMILES string of the molecule is COc1ccc(N(C)S(=O)(=O)c2cccc(C(=O)OCC(=O)NC(=O)NCCC(C)C)c2)cc1. The number of esters is 1. The molecule has 0 saturated heterocycles. The van der Waals surface area contributed by atoms with Gasteiger partial charge in [0.2, 0.25) is 0 Å². The van der Waals surface area contributed by atoms with E-state index in [0.717, 1.165) is 16.8 Å². The fourth-order valence-corrected chi connectivity index (χ4v) is 4.01. The van der Waals surface area contributed by atoms with Crippen LogP contribution in [-0.4, -0.2) is 53.6 Å². The summed E-state index contributed by atoms with van der Waals surface area (Å²) in [4.78, 5) is 35.7. The van der Waals surface area contributed by atoms with E-state index in [1.807, 2.05) is 13.8 Å². The third-order valence-corrected chi connectivity index (χ3v) is 6.54. The van der Waals surface area contributed by atoms with Gasteiger partial charge in [0.15, 0.2) is 6.61 Å². The summed E-state index contributed by atoms with van der Waals surface area (Å²) in [6.07, 6.45) is 0.753. The Morgan fingerprint density at radius 2 is 1.74 bits per heavy atom. The van der Waals surface area contributed by atoms with Gasteiger partial charge in [0.25, 0.3) is 15.9 Å². The number of carbonyl (C=O) groups is 3. The molecular weight excluding hydrogens is 462 g/mol. The van der Waals surface area contributed by atoms with Gasteiger partial charge in [-0.25, -0.2) is 18.0 Å². The molecule has 0 saturated carbocycles. The van der Waals surface area contributed by atoms with Crippen molar-refractivity contribution < 1.29 is 32.3 Å². The summed E-state index contributed by atoms with van der Waals surface area (Å²) in [6, 6.07) is 11.0. The number of hydrogen-bond acceptors (Lipinski definition) is 7. The number of methoxy groups -OCH3 is 1. The number of nitrogens with one attached hydrogen (secondary N) is 2. The molecule has 2 aromatic rings. The van der Waals surface area contributed by atoms with Crippen molar-refractivity contribution in [2.75, 3.05) is 31.6 Å². The minimum atomic E-state index is -3.98. The molecule has 0 bridgehead atoms. The molecule has 0 fully saturated rings. The summed E-state index contributed by atoms with van der Waals surface area (Å²) in [5.41, 5.74) is 0.343. The molecule has 0 aliphatic carbocycles. The quantitative estimate of drug-likeness (QED) is 0.488. The highest BCUT2D eigenvalue weighted by Crippen LogP contribution is 2.24. The van der Waals surface area contributed by atoms with E-state index in [4.69, 9.17) is 9.47 Å². The number of carbonyl (C=O) groups excluding carboxylic acids is 3. The lowest BCUT2D eigenvalue weighted by Gasteiger charge is -2.20. The fourth-order valence-electron chi connectivity index (χ4n) is 2.77. The topological polar surface area (TPSA) is 131 Å². The van der Waals surface area contributed by atoms with E-state index in [0.29, 0.717) is 23.9 Å². The van der Waals surface area contributed by atoms with Crippen LogP contribution in [0.1, 0.15) is 30.6 Å². The molecule has 2 aromatic carbocycles. The van der Waals surface area contributed by atoms with Gasteiger partial charge in [0.1, 0.15) is 5.75 Å². The highest BCUT2D eigenvalue weighted by molar-refractivity contribution is 7.92. The summed E-state index contributed by atoms with van der Waals surface area (Å²) in [6.45, 7) is 3.71. The molecule has 10 nitrogen and oxygen atoms in total. The van der Waals surface area contributed by atoms with Crippen molar-refractivity contribution >= 4 is 33.6 Å². The molecule has 184 valence electrons. The Labute approximate surface area is 199 Å². The van der Waals surface area contributed by atoms with Crippen LogP contribution >= 0.6 is 0 Å². The lowest BCUT2D eigenvalue weighted by Crippen LogP contribution is -2.42. The molecule has 34 heavy (non-hydrogen) atoms. The number of nitrogens with zero attached hydrogens (tertiary/aromatic N) is 1. The first-order valence-electron chi connectivity index (χ1n) is 10.5. The van der Waals surface area contributed by atoms with Crippen LogP contribution in [-0.2, 0) is 19.6 Å². The first kappa shape index (κ1) is 26.7. The highest BCUT2D eigenvalue weighted by atomic mass is 32.2. The number of benzene rings is 2. The van der Waals surface area contributed by atoms with Crippen molar-refractivity contribution in [3.8, 4) is 5.75 Å². The third-order valence-electron chi connectivity index (χ3n) is 4.76. The minimum Gasteiger partial charge on any atom is -0.497 e. The molecule has 0 spiro atoms. The van der Waals surface area contributed by atoms with Gasteiger partial charge in [-0.1, -0.05) is 19.9 Å². The van der Waals surface area contributed by atoms with Gasteiger partial charge < -0.3 is 14.8 Å². The van der Waals surface area contributed by atoms with Crippen LogP contribution in [0, 0.1) is 5.92 Å². The first-order valence-corrected chi connectivity index (χ1v) is 12.0. The number of anilines is 1. The number of imide groups is 1. The molecule has 0 heterocycles. The lowest BCUT2D eigenvalue weighted by molar-refractivity contribution is -0.123. The van der Waals surface area contributed by atoms with E-state index in [-0.39, 0.29) is 10.5 Å². The second-order valence-corrected chi connectivity index (χ2v) is 9.73. The summed E-state index contributed by atoms with van der Waals surface area (Å²) >= 11 is 0. The number of amides is 3. The highest BCUT2D eigenvalue weighted by Gasteiger charge is 2.23. The molecule has 0 unspecified atom stereocenters. The zero-order valence-electron chi connectivity index (χ0n) is 19.5. The second kappa shape index (κ2) is 12.0. The van der Waals surface area contributed by atoms with Gasteiger partial charge in [0.05, 0.1) is 23.3 Å². The molecule has 3 amide bonds. The van der Waals surface area contributed by atoms with Gasteiger partial charge in [-0.05, 0) is 54.8 Å². The van der Waals surface area contributed by atoms with E-state index in [1.54, 1.807) is 24.3 Å². The van der Waals surface area contributed by atoms with E-state index < -0.39 is 34.5 Å². The van der Waals surface area contributed by atoms with Gasteiger partial charge in [0, 0.05) is 13.6 Å². The van der Waals surface area contributed by atoms with Crippen LogP contribution in [0.3, 0.4) is 0 Å². The number of urea groups is 1. The average molecular weight is 492 g/mol. The standard InChI is InChI=1S/C23H29N3O7S/c1-16(2)12-13-24-23(29)25-21(27)15-33-22(28)17-6-5-7-20(14-17)34(30,31)26(3)18-8-10-19(32-4)11-9-18/h5-11,14,16H,12-13,15H2,1-4H3,(H2,24,25,27,29).